The van der Waals surface area contributed by atoms with E-state index in [0.717, 1.165) is 12.8 Å². The Bertz CT molecular complexity index is 362. The molecular formula is C13H18N2O2. The summed E-state index contributed by atoms with van der Waals surface area (Å²) in [6, 6.07) is 1.74. The molecule has 2 rings (SSSR count). The molecular weight excluding hydrogens is 216 g/mol. The van der Waals surface area contributed by atoms with E-state index in [2.05, 4.69) is 9.88 Å². The molecule has 17 heavy (non-hydrogen) atoms. The first-order valence-corrected chi connectivity index (χ1v) is 6.14. The lowest BCUT2D eigenvalue weighted by atomic mass is 10.1. The third kappa shape index (κ3) is 3.53. The zero-order chi connectivity index (χ0) is 11.9. The molecule has 4 nitrogen and oxygen atoms in total. The summed E-state index contributed by atoms with van der Waals surface area (Å²) < 4.78 is 5.62. The van der Waals surface area contributed by atoms with E-state index in [4.69, 9.17) is 4.74 Å². The highest BCUT2D eigenvalue weighted by molar-refractivity contribution is 5.78. The number of likely N-dealkylation sites (tertiary alicyclic amines) is 1. The highest BCUT2D eigenvalue weighted by atomic mass is 16.5. The van der Waals surface area contributed by atoms with Gasteiger partial charge >= 0.3 is 0 Å². The maximum Gasteiger partial charge on any atom is 0.155 e. The van der Waals surface area contributed by atoms with Crippen LogP contribution in [0.3, 0.4) is 0 Å². The van der Waals surface area contributed by atoms with Gasteiger partial charge in [0.25, 0.3) is 0 Å². The summed E-state index contributed by atoms with van der Waals surface area (Å²) in [6.45, 7) is 3.89. The van der Waals surface area contributed by atoms with Gasteiger partial charge in [-0.05, 0) is 32.0 Å². The van der Waals surface area contributed by atoms with Crippen molar-refractivity contribution in [3.63, 3.8) is 0 Å². The van der Waals surface area contributed by atoms with E-state index in [9.17, 15) is 4.79 Å². The first-order chi connectivity index (χ1) is 8.40. The number of nitrogens with zero attached hydrogens (tertiary/aromatic N) is 2. The predicted octanol–water partition coefficient (Wildman–Crippen LogP) is 1.76. The van der Waals surface area contributed by atoms with Gasteiger partial charge in [-0.15, -0.1) is 0 Å². The molecule has 0 spiro atoms. The molecule has 0 aromatic carbocycles. The number of hydrogen-bond donors (Lipinski definition) is 0. The Hall–Kier alpha value is -1.42. The Labute approximate surface area is 102 Å². The van der Waals surface area contributed by atoms with Crippen molar-refractivity contribution in [1.29, 1.82) is 0 Å². The van der Waals surface area contributed by atoms with E-state index in [1.807, 2.05) is 0 Å². The first-order valence-electron chi connectivity index (χ1n) is 6.14. The van der Waals surface area contributed by atoms with Crippen LogP contribution >= 0.6 is 0 Å². The molecule has 1 saturated heterocycles. The molecule has 0 N–H and O–H groups in total. The predicted molar refractivity (Wildman–Crippen MR) is 65.4 cm³/mol. The Morgan fingerprint density at radius 2 is 2.18 bits per heavy atom. The minimum Gasteiger partial charge on any atom is -0.491 e. The molecule has 1 aromatic rings. The van der Waals surface area contributed by atoms with Crippen molar-refractivity contribution in [2.24, 2.45) is 0 Å². The lowest BCUT2D eigenvalue weighted by molar-refractivity contribution is 0.111. The van der Waals surface area contributed by atoms with Crippen LogP contribution in [0.1, 0.15) is 29.6 Å². The molecule has 0 aliphatic carbocycles. The van der Waals surface area contributed by atoms with Crippen molar-refractivity contribution in [3.8, 4) is 5.75 Å². The number of aromatic nitrogens is 1. The summed E-state index contributed by atoms with van der Waals surface area (Å²) in [5.41, 5.74) is 0.520. The van der Waals surface area contributed by atoms with Gasteiger partial charge in [-0.25, -0.2) is 0 Å². The van der Waals surface area contributed by atoms with Crippen molar-refractivity contribution < 1.29 is 9.53 Å². The fourth-order valence-electron chi connectivity index (χ4n) is 2.08. The highest BCUT2D eigenvalue weighted by Crippen LogP contribution is 2.14. The zero-order valence-corrected chi connectivity index (χ0v) is 9.97. The summed E-state index contributed by atoms with van der Waals surface area (Å²) in [4.78, 5) is 17.1. The van der Waals surface area contributed by atoms with Crippen molar-refractivity contribution in [2.45, 2.75) is 19.3 Å². The second-order valence-electron chi connectivity index (χ2n) is 4.28. The topological polar surface area (TPSA) is 42.4 Å². The standard InChI is InChI=1S/C13H18N2O2/c16-11-12-10-14-5-4-13(12)17-9-8-15-6-2-1-3-7-15/h4-5,10-11H,1-3,6-9H2. The third-order valence-electron chi connectivity index (χ3n) is 3.05. The molecule has 1 aromatic heterocycles. The van der Waals surface area contributed by atoms with Crippen molar-refractivity contribution >= 4 is 6.29 Å². The van der Waals surface area contributed by atoms with E-state index in [-0.39, 0.29) is 0 Å². The molecule has 2 heterocycles. The summed E-state index contributed by atoms with van der Waals surface area (Å²) >= 11 is 0. The van der Waals surface area contributed by atoms with E-state index >= 15 is 0 Å². The number of rotatable bonds is 5. The van der Waals surface area contributed by atoms with Gasteiger partial charge in [0.2, 0.25) is 0 Å². The number of carbonyl (C=O) groups excluding carboxylic acids is 1. The SMILES string of the molecule is O=Cc1cnccc1OCCN1CCCCC1. The largest absolute Gasteiger partial charge is 0.491 e. The van der Waals surface area contributed by atoms with Crippen molar-refractivity contribution in [1.82, 2.24) is 9.88 Å². The molecule has 1 aliphatic heterocycles. The van der Waals surface area contributed by atoms with Crippen LogP contribution in [0.15, 0.2) is 18.5 Å². The molecule has 4 heteroatoms. The maximum absolute atomic E-state index is 10.8. The number of ether oxygens (including phenoxy) is 1. The van der Waals surface area contributed by atoms with Gasteiger partial charge in [0.15, 0.2) is 6.29 Å². The quantitative estimate of drug-likeness (QED) is 0.728. The zero-order valence-electron chi connectivity index (χ0n) is 9.97. The summed E-state index contributed by atoms with van der Waals surface area (Å²) in [7, 11) is 0. The lowest BCUT2D eigenvalue weighted by Gasteiger charge is -2.26. The second kappa shape index (κ2) is 6.35. The fraction of sp³-hybridized carbons (Fsp3) is 0.538. The van der Waals surface area contributed by atoms with Crippen LogP contribution in [0.4, 0.5) is 0 Å². The van der Waals surface area contributed by atoms with Gasteiger partial charge < -0.3 is 4.74 Å². The van der Waals surface area contributed by atoms with Crippen LogP contribution < -0.4 is 4.74 Å². The van der Waals surface area contributed by atoms with Crippen molar-refractivity contribution in [3.05, 3.63) is 24.0 Å². The van der Waals surface area contributed by atoms with Gasteiger partial charge in [0.05, 0.1) is 5.56 Å². The van der Waals surface area contributed by atoms with Gasteiger partial charge in [-0.1, -0.05) is 6.42 Å². The minimum absolute atomic E-state index is 0.520. The van der Waals surface area contributed by atoms with Crippen LogP contribution in [-0.2, 0) is 0 Å². The van der Waals surface area contributed by atoms with Gasteiger partial charge in [-0.2, -0.15) is 0 Å². The highest BCUT2D eigenvalue weighted by Gasteiger charge is 2.10. The summed E-state index contributed by atoms with van der Waals surface area (Å²) in [6.07, 6.45) is 7.87. The Kier molecular flexibility index (Phi) is 4.50. The molecule has 0 saturated carbocycles. The Balaban J connectivity index is 1.79. The van der Waals surface area contributed by atoms with Crippen LogP contribution in [0.2, 0.25) is 0 Å². The summed E-state index contributed by atoms with van der Waals surface area (Å²) in [5, 5.41) is 0. The number of aldehydes is 1. The first kappa shape index (κ1) is 12.0. The van der Waals surface area contributed by atoms with E-state index in [1.54, 1.807) is 12.3 Å². The van der Waals surface area contributed by atoms with Crippen molar-refractivity contribution in [2.75, 3.05) is 26.2 Å². The van der Waals surface area contributed by atoms with Gasteiger partial charge in [-0.3, -0.25) is 14.7 Å². The van der Waals surface area contributed by atoms with E-state index in [0.29, 0.717) is 17.9 Å². The number of hydrogen-bond acceptors (Lipinski definition) is 4. The van der Waals surface area contributed by atoms with E-state index in [1.165, 1.54) is 38.5 Å². The van der Waals surface area contributed by atoms with Gasteiger partial charge in [0, 0.05) is 18.9 Å². The average Bonchev–Trinajstić information content (AvgIpc) is 2.40. The molecule has 0 bridgehead atoms. The van der Waals surface area contributed by atoms with Crippen LogP contribution in [-0.4, -0.2) is 42.4 Å². The number of carbonyl (C=O) groups is 1. The van der Waals surface area contributed by atoms with Crippen LogP contribution in [0.5, 0.6) is 5.75 Å². The van der Waals surface area contributed by atoms with Crippen LogP contribution in [0.25, 0.3) is 0 Å². The molecule has 1 fully saturated rings. The molecule has 92 valence electrons. The third-order valence-corrected chi connectivity index (χ3v) is 3.05. The second-order valence-corrected chi connectivity index (χ2v) is 4.28. The van der Waals surface area contributed by atoms with Gasteiger partial charge in [0.1, 0.15) is 12.4 Å². The summed E-state index contributed by atoms with van der Waals surface area (Å²) in [5.74, 6) is 0.631. The monoisotopic (exact) mass is 234 g/mol. The lowest BCUT2D eigenvalue weighted by Crippen LogP contribution is -2.33. The number of pyridine rings is 1. The maximum atomic E-state index is 10.8. The molecule has 0 amide bonds. The molecule has 0 atom stereocenters. The minimum atomic E-state index is 0.520. The van der Waals surface area contributed by atoms with Crippen LogP contribution in [0, 0.1) is 0 Å². The molecule has 0 unspecified atom stereocenters. The molecule has 0 radical (unpaired) electrons. The average molecular weight is 234 g/mol. The Morgan fingerprint density at radius 1 is 1.35 bits per heavy atom. The van der Waals surface area contributed by atoms with E-state index < -0.39 is 0 Å². The fourth-order valence-corrected chi connectivity index (χ4v) is 2.08. The normalized spacial score (nSPS) is 16.7. The molecule has 1 aliphatic rings. The number of piperidine rings is 1. The smallest absolute Gasteiger partial charge is 0.155 e. The Morgan fingerprint density at radius 3 is 2.94 bits per heavy atom.